The van der Waals surface area contributed by atoms with Crippen LogP contribution in [-0.2, 0) is 4.74 Å². The van der Waals surface area contributed by atoms with Crippen LogP contribution >= 0.6 is 0 Å². The van der Waals surface area contributed by atoms with Crippen LogP contribution in [0.15, 0.2) is 18.2 Å². The molecule has 1 atom stereocenters. The summed E-state index contributed by atoms with van der Waals surface area (Å²) in [6, 6.07) is 4.25. The molecule has 0 radical (unpaired) electrons. The zero-order chi connectivity index (χ0) is 14.1. The average molecular weight is 266 g/mol. The van der Waals surface area contributed by atoms with Crippen molar-refractivity contribution in [1.29, 1.82) is 0 Å². The summed E-state index contributed by atoms with van der Waals surface area (Å²) in [7, 11) is 1.63. The maximum atomic E-state index is 13.2. The Labute approximate surface area is 113 Å². The van der Waals surface area contributed by atoms with Gasteiger partial charge in [-0.05, 0) is 19.1 Å². The molecule has 0 aromatic heterocycles. The predicted molar refractivity (Wildman–Crippen MR) is 71.6 cm³/mol. The topological polar surface area (TPSA) is 38.7 Å². The first kappa shape index (κ1) is 15.5. The van der Waals surface area contributed by atoms with Gasteiger partial charge in [0.1, 0.15) is 11.6 Å². The highest BCUT2D eigenvalue weighted by molar-refractivity contribution is 5.46. The maximum Gasteiger partial charge on any atom is 0.138 e. The van der Waals surface area contributed by atoms with E-state index in [1.54, 1.807) is 13.2 Å². The largest absolute Gasteiger partial charge is 0.489 e. The fourth-order valence-electron chi connectivity index (χ4n) is 1.47. The Hall–Kier alpha value is -1.57. The standard InChI is InChI=1S/C15H19FO3/c1-12(8-10-18-2)19-15-11-14(16)7-6-13(15)5-3-4-9-17/h6-7,11-12,17H,4,8-10H2,1-2H3. The Morgan fingerprint density at radius 1 is 1.42 bits per heavy atom. The molecule has 0 fully saturated rings. The molecule has 0 amide bonds. The van der Waals surface area contributed by atoms with E-state index in [2.05, 4.69) is 11.8 Å². The molecule has 0 bridgehead atoms. The van der Waals surface area contributed by atoms with Crippen LogP contribution in [0.25, 0.3) is 0 Å². The third kappa shape index (κ3) is 5.73. The van der Waals surface area contributed by atoms with E-state index in [0.717, 1.165) is 6.42 Å². The molecule has 0 aliphatic heterocycles. The second-order valence-electron chi connectivity index (χ2n) is 4.13. The Morgan fingerprint density at radius 2 is 2.21 bits per heavy atom. The van der Waals surface area contributed by atoms with Crippen LogP contribution in [-0.4, -0.2) is 31.5 Å². The summed E-state index contributed by atoms with van der Waals surface area (Å²) in [6.45, 7) is 2.49. The molecule has 1 aromatic carbocycles. The molecule has 1 aromatic rings. The fourth-order valence-corrected chi connectivity index (χ4v) is 1.47. The second-order valence-corrected chi connectivity index (χ2v) is 4.13. The van der Waals surface area contributed by atoms with Gasteiger partial charge in [0.25, 0.3) is 0 Å². The van der Waals surface area contributed by atoms with Crippen molar-refractivity contribution < 1.29 is 19.0 Å². The quantitative estimate of drug-likeness (QED) is 0.803. The molecule has 4 heteroatoms. The van der Waals surface area contributed by atoms with Crippen LogP contribution in [0.3, 0.4) is 0 Å². The molecule has 0 aliphatic rings. The number of rotatable bonds is 6. The predicted octanol–water partition coefficient (Wildman–Crippen LogP) is 2.36. The smallest absolute Gasteiger partial charge is 0.138 e. The summed E-state index contributed by atoms with van der Waals surface area (Å²) in [5, 5.41) is 8.69. The Kier molecular flexibility index (Phi) is 6.94. The second kappa shape index (κ2) is 8.52. The molecular weight excluding hydrogens is 247 g/mol. The molecule has 0 heterocycles. The molecule has 0 saturated heterocycles. The number of aliphatic hydroxyl groups is 1. The van der Waals surface area contributed by atoms with Gasteiger partial charge < -0.3 is 14.6 Å². The van der Waals surface area contributed by atoms with Crippen LogP contribution in [0.4, 0.5) is 4.39 Å². The number of ether oxygens (including phenoxy) is 2. The lowest BCUT2D eigenvalue weighted by atomic mass is 10.2. The van der Waals surface area contributed by atoms with Crippen molar-refractivity contribution in [2.75, 3.05) is 20.3 Å². The molecule has 0 saturated carbocycles. The van der Waals surface area contributed by atoms with E-state index in [-0.39, 0.29) is 18.5 Å². The van der Waals surface area contributed by atoms with Crippen molar-refractivity contribution in [3.63, 3.8) is 0 Å². The van der Waals surface area contributed by atoms with Gasteiger partial charge in [-0.3, -0.25) is 0 Å². The van der Waals surface area contributed by atoms with Crippen molar-refractivity contribution in [2.45, 2.75) is 25.9 Å². The van der Waals surface area contributed by atoms with Crippen molar-refractivity contribution in [1.82, 2.24) is 0 Å². The summed E-state index contributed by atoms with van der Waals surface area (Å²) in [4.78, 5) is 0. The Bertz CT molecular complexity index is 448. The summed E-state index contributed by atoms with van der Waals surface area (Å²) in [5.41, 5.74) is 0.624. The van der Waals surface area contributed by atoms with Crippen molar-refractivity contribution in [3.8, 4) is 17.6 Å². The van der Waals surface area contributed by atoms with Gasteiger partial charge in [-0.25, -0.2) is 4.39 Å². The summed E-state index contributed by atoms with van der Waals surface area (Å²) in [6.07, 6.45) is 1.02. The van der Waals surface area contributed by atoms with E-state index in [1.807, 2.05) is 6.92 Å². The van der Waals surface area contributed by atoms with Crippen LogP contribution in [0.2, 0.25) is 0 Å². The zero-order valence-electron chi connectivity index (χ0n) is 11.3. The minimum Gasteiger partial charge on any atom is -0.489 e. The molecule has 1 unspecified atom stereocenters. The molecule has 0 spiro atoms. The van der Waals surface area contributed by atoms with Crippen LogP contribution in [0, 0.1) is 17.7 Å². The maximum absolute atomic E-state index is 13.2. The number of hydrogen-bond acceptors (Lipinski definition) is 3. The summed E-state index contributed by atoms with van der Waals surface area (Å²) in [5.74, 6) is 5.74. The van der Waals surface area contributed by atoms with Crippen LogP contribution in [0.1, 0.15) is 25.3 Å². The lowest BCUT2D eigenvalue weighted by molar-refractivity contribution is 0.135. The molecular formula is C15H19FO3. The van der Waals surface area contributed by atoms with E-state index in [1.165, 1.54) is 12.1 Å². The normalized spacial score (nSPS) is 11.6. The first-order valence-electron chi connectivity index (χ1n) is 6.22. The van der Waals surface area contributed by atoms with Gasteiger partial charge in [-0.1, -0.05) is 11.8 Å². The van der Waals surface area contributed by atoms with E-state index in [0.29, 0.717) is 24.3 Å². The third-order valence-corrected chi connectivity index (χ3v) is 2.46. The Balaban J connectivity index is 2.79. The van der Waals surface area contributed by atoms with Crippen molar-refractivity contribution >= 4 is 0 Å². The van der Waals surface area contributed by atoms with Gasteiger partial charge in [0, 0.05) is 32.6 Å². The van der Waals surface area contributed by atoms with Gasteiger partial charge in [-0.15, -0.1) is 0 Å². The minimum atomic E-state index is -0.360. The van der Waals surface area contributed by atoms with E-state index in [4.69, 9.17) is 14.6 Å². The van der Waals surface area contributed by atoms with Crippen LogP contribution in [0.5, 0.6) is 5.75 Å². The SMILES string of the molecule is COCCC(C)Oc1cc(F)ccc1C#CCCO. The molecule has 1 N–H and O–H groups in total. The van der Waals surface area contributed by atoms with Crippen molar-refractivity contribution in [3.05, 3.63) is 29.6 Å². The van der Waals surface area contributed by atoms with Gasteiger partial charge in [0.05, 0.1) is 18.3 Å². The first-order valence-corrected chi connectivity index (χ1v) is 6.22. The average Bonchev–Trinajstić information content (AvgIpc) is 2.39. The number of benzene rings is 1. The monoisotopic (exact) mass is 266 g/mol. The lowest BCUT2D eigenvalue weighted by Crippen LogP contribution is -2.15. The molecule has 104 valence electrons. The summed E-state index contributed by atoms with van der Waals surface area (Å²) >= 11 is 0. The van der Waals surface area contributed by atoms with Crippen LogP contribution < -0.4 is 4.74 Å². The van der Waals surface area contributed by atoms with Gasteiger partial charge in [0.15, 0.2) is 0 Å². The highest BCUT2D eigenvalue weighted by Gasteiger charge is 2.08. The number of methoxy groups -OCH3 is 1. The number of aliphatic hydroxyl groups excluding tert-OH is 1. The number of halogens is 1. The summed E-state index contributed by atoms with van der Waals surface area (Å²) < 4.78 is 23.9. The lowest BCUT2D eigenvalue weighted by Gasteiger charge is -2.15. The minimum absolute atomic E-state index is 0.00856. The molecule has 19 heavy (non-hydrogen) atoms. The fraction of sp³-hybridized carbons (Fsp3) is 0.467. The highest BCUT2D eigenvalue weighted by atomic mass is 19.1. The molecule has 0 aliphatic carbocycles. The van der Waals surface area contributed by atoms with Gasteiger partial charge in [0.2, 0.25) is 0 Å². The van der Waals surface area contributed by atoms with E-state index >= 15 is 0 Å². The third-order valence-electron chi connectivity index (χ3n) is 2.46. The number of hydrogen-bond donors (Lipinski definition) is 1. The molecule has 3 nitrogen and oxygen atoms in total. The van der Waals surface area contributed by atoms with Gasteiger partial charge in [-0.2, -0.15) is 0 Å². The zero-order valence-corrected chi connectivity index (χ0v) is 11.3. The van der Waals surface area contributed by atoms with E-state index in [9.17, 15) is 4.39 Å². The van der Waals surface area contributed by atoms with E-state index < -0.39 is 0 Å². The van der Waals surface area contributed by atoms with Crippen molar-refractivity contribution in [2.24, 2.45) is 0 Å². The Morgan fingerprint density at radius 3 is 2.89 bits per heavy atom. The molecule has 1 rings (SSSR count). The highest BCUT2D eigenvalue weighted by Crippen LogP contribution is 2.21. The van der Waals surface area contributed by atoms with Gasteiger partial charge >= 0.3 is 0 Å². The first-order chi connectivity index (χ1) is 9.17.